The predicted octanol–water partition coefficient (Wildman–Crippen LogP) is 0.407. The fourth-order valence-corrected chi connectivity index (χ4v) is 2.51. The van der Waals surface area contributed by atoms with Gasteiger partial charge in [-0.1, -0.05) is 0 Å². The van der Waals surface area contributed by atoms with Crippen LogP contribution in [0.5, 0.6) is 0 Å². The van der Waals surface area contributed by atoms with Crippen LogP contribution in [-0.4, -0.2) is 41.0 Å². The third-order valence-corrected chi connectivity index (χ3v) is 3.32. The van der Waals surface area contributed by atoms with Crippen LogP contribution in [0.15, 0.2) is 18.5 Å². The number of piperazine rings is 1. The number of halogens is 1. The number of nitrogens with one attached hydrogen (secondary N) is 1. The second-order valence-corrected chi connectivity index (χ2v) is 4.31. The van der Waals surface area contributed by atoms with E-state index in [0.717, 1.165) is 19.2 Å². The molecule has 3 rings (SSSR count). The summed E-state index contributed by atoms with van der Waals surface area (Å²) in [6.45, 7) is 1.51. The van der Waals surface area contributed by atoms with E-state index < -0.39 is 5.82 Å². The number of carbonyl (C=O) groups is 1. The first kappa shape index (κ1) is 9.72. The quantitative estimate of drug-likeness (QED) is 0.747. The average molecular weight is 221 g/mol. The molecule has 0 unspecified atom stereocenters. The van der Waals surface area contributed by atoms with Gasteiger partial charge in [0.2, 0.25) is 0 Å². The van der Waals surface area contributed by atoms with Gasteiger partial charge in [-0.15, -0.1) is 0 Å². The van der Waals surface area contributed by atoms with Gasteiger partial charge in [0.25, 0.3) is 5.91 Å². The number of hydrogen-bond donors (Lipinski definition) is 1. The van der Waals surface area contributed by atoms with Crippen LogP contribution in [0, 0.1) is 5.82 Å². The third-order valence-electron chi connectivity index (χ3n) is 3.32. The molecule has 1 aromatic rings. The third kappa shape index (κ3) is 1.39. The largest absolute Gasteiger partial charge is 0.333 e. The van der Waals surface area contributed by atoms with Crippen LogP contribution in [0.3, 0.4) is 0 Å². The number of aromatic nitrogens is 1. The van der Waals surface area contributed by atoms with Gasteiger partial charge in [-0.25, -0.2) is 4.39 Å². The van der Waals surface area contributed by atoms with Gasteiger partial charge in [-0.3, -0.25) is 9.78 Å². The molecule has 0 radical (unpaired) electrons. The minimum absolute atomic E-state index is 0.127. The van der Waals surface area contributed by atoms with E-state index >= 15 is 0 Å². The molecule has 84 valence electrons. The highest BCUT2D eigenvalue weighted by Gasteiger charge is 2.40. The fourth-order valence-electron chi connectivity index (χ4n) is 2.51. The van der Waals surface area contributed by atoms with Crippen molar-refractivity contribution < 1.29 is 9.18 Å². The van der Waals surface area contributed by atoms with Crippen molar-refractivity contribution in [2.24, 2.45) is 0 Å². The molecule has 0 aliphatic carbocycles. The molecular weight excluding hydrogens is 209 g/mol. The molecule has 2 saturated heterocycles. The van der Waals surface area contributed by atoms with Gasteiger partial charge >= 0.3 is 0 Å². The Morgan fingerprint density at radius 2 is 2.50 bits per heavy atom. The van der Waals surface area contributed by atoms with Crippen molar-refractivity contribution in [2.45, 2.75) is 18.5 Å². The van der Waals surface area contributed by atoms with Crippen molar-refractivity contribution in [3.63, 3.8) is 0 Å². The second-order valence-electron chi connectivity index (χ2n) is 4.31. The normalized spacial score (nSPS) is 27.4. The minimum Gasteiger partial charge on any atom is -0.333 e. The minimum atomic E-state index is -0.539. The van der Waals surface area contributed by atoms with E-state index in [0.29, 0.717) is 12.6 Å². The highest BCUT2D eigenvalue weighted by Crippen LogP contribution is 2.25. The Bertz CT molecular complexity index is 437. The van der Waals surface area contributed by atoms with E-state index in [-0.39, 0.29) is 17.5 Å². The Kier molecular flexibility index (Phi) is 2.14. The number of nitrogens with zero attached hydrogens (tertiary/aromatic N) is 2. The number of amides is 1. The lowest BCUT2D eigenvalue weighted by Crippen LogP contribution is -2.46. The molecule has 0 saturated carbocycles. The van der Waals surface area contributed by atoms with Gasteiger partial charge in [0, 0.05) is 31.4 Å². The number of hydrogen-bond acceptors (Lipinski definition) is 3. The van der Waals surface area contributed by atoms with Crippen molar-refractivity contribution in [1.82, 2.24) is 15.2 Å². The van der Waals surface area contributed by atoms with Crippen LogP contribution in [0.4, 0.5) is 4.39 Å². The zero-order valence-corrected chi connectivity index (χ0v) is 8.69. The van der Waals surface area contributed by atoms with Crippen LogP contribution in [0.25, 0.3) is 0 Å². The van der Waals surface area contributed by atoms with Crippen molar-refractivity contribution >= 4 is 5.91 Å². The Morgan fingerprint density at radius 1 is 1.62 bits per heavy atom. The molecule has 2 fully saturated rings. The van der Waals surface area contributed by atoms with Crippen LogP contribution >= 0.6 is 0 Å². The number of carbonyl (C=O) groups excluding carboxylic acids is 1. The molecule has 5 heteroatoms. The summed E-state index contributed by atoms with van der Waals surface area (Å²) in [5, 5.41) is 3.31. The van der Waals surface area contributed by atoms with Crippen LogP contribution < -0.4 is 5.32 Å². The fraction of sp³-hybridized carbons (Fsp3) is 0.455. The summed E-state index contributed by atoms with van der Waals surface area (Å²) in [4.78, 5) is 17.5. The molecule has 2 aliphatic rings. The molecule has 2 atom stereocenters. The number of likely N-dealkylation sites (tertiary alicyclic amines) is 1. The topological polar surface area (TPSA) is 45.2 Å². The lowest BCUT2D eigenvalue weighted by molar-refractivity contribution is 0.0711. The Balaban J connectivity index is 1.86. The molecule has 1 amide bonds. The summed E-state index contributed by atoms with van der Waals surface area (Å²) in [6.07, 6.45) is 3.52. The monoisotopic (exact) mass is 221 g/mol. The SMILES string of the molecule is O=C(c1ccncc1F)N1C[C@@H]2C[C@H]1CN2. The van der Waals surface area contributed by atoms with E-state index in [2.05, 4.69) is 10.3 Å². The molecular formula is C11H12FN3O. The maximum Gasteiger partial charge on any atom is 0.257 e. The predicted molar refractivity (Wildman–Crippen MR) is 55.4 cm³/mol. The maximum atomic E-state index is 13.4. The molecule has 1 N–H and O–H groups in total. The average Bonchev–Trinajstić information content (AvgIpc) is 2.90. The first-order valence-electron chi connectivity index (χ1n) is 5.39. The van der Waals surface area contributed by atoms with E-state index in [1.807, 2.05) is 0 Å². The smallest absolute Gasteiger partial charge is 0.257 e. The van der Waals surface area contributed by atoms with Gasteiger partial charge in [0.15, 0.2) is 5.82 Å². The Labute approximate surface area is 92.5 Å². The van der Waals surface area contributed by atoms with Gasteiger partial charge in [0.1, 0.15) is 0 Å². The molecule has 0 spiro atoms. The maximum absolute atomic E-state index is 13.4. The van der Waals surface area contributed by atoms with Crippen molar-refractivity contribution in [3.8, 4) is 0 Å². The summed E-state index contributed by atoms with van der Waals surface area (Å²) >= 11 is 0. The van der Waals surface area contributed by atoms with E-state index in [1.165, 1.54) is 12.3 Å². The van der Waals surface area contributed by atoms with Crippen molar-refractivity contribution in [1.29, 1.82) is 0 Å². The van der Waals surface area contributed by atoms with E-state index in [1.54, 1.807) is 4.90 Å². The lowest BCUT2D eigenvalue weighted by atomic mass is 10.2. The summed E-state index contributed by atoms with van der Waals surface area (Å²) in [5.41, 5.74) is 0.127. The molecule has 2 aliphatic heterocycles. The molecule has 2 bridgehead atoms. The molecule has 4 nitrogen and oxygen atoms in total. The highest BCUT2D eigenvalue weighted by atomic mass is 19.1. The highest BCUT2D eigenvalue weighted by molar-refractivity contribution is 5.94. The van der Waals surface area contributed by atoms with Crippen LogP contribution in [0.1, 0.15) is 16.8 Å². The molecule has 0 aromatic carbocycles. The first-order chi connectivity index (χ1) is 7.75. The van der Waals surface area contributed by atoms with Crippen molar-refractivity contribution in [3.05, 3.63) is 29.8 Å². The summed E-state index contributed by atoms with van der Waals surface area (Å²) in [6, 6.07) is 2.06. The van der Waals surface area contributed by atoms with E-state index in [4.69, 9.17) is 0 Å². The zero-order valence-electron chi connectivity index (χ0n) is 8.69. The zero-order chi connectivity index (χ0) is 11.1. The summed E-state index contributed by atoms with van der Waals surface area (Å²) in [7, 11) is 0. The Hall–Kier alpha value is -1.49. The summed E-state index contributed by atoms with van der Waals surface area (Å²) < 4.78 is 13.4. The van der Waals surface area contributed by atoms with E-state index in [9.17, 15) is 9.18 Å². The van der Waals surface area contributed by atoms with Gasteiger partial charge in [-0.05, 0) is 12.5 Å². The number of fused-ring (bicyclic) bond motifs is 2. The summed E-state index contributed by atoms with van der Waals surface area (Å²) in [5.74, 6) is -0.753. The molecule has 1 aromatic heterocycles. The van der Waals surface area contributed by atoms with Crippen LogP contribution in [-0.2, 0) is 0 Å². The number of rotatable bonds is 1. The second kappa shape index (κ2) is 3.52. The lowest BCUT2D eigenvalue weighted by Gasteiger charge is -2.27. The number of pyridine rings is 1. The standard InChI is InChI=1S/C11H12FN3O/c12-10-5-13-2-1-9(10)11(16)15-6-7-3-8(15)4-14-7/h1-2,5,7-8,14H,3-4,6H2/t7-,8-/m0/s1. The van der Waals surface area contributed by atoms with Gasteiger partial charge in [0.05, 0.1) is 11.8 Å². The first-order valence-corrected chi connectivity index (χ1v) is 5.39. The molecule has 3 heterocycles. The van der Waals surface area contributed by atoms with Gasteiger partial charge in [-0.2, -0.15) is 0 Å². The van der Waals surface area contributed by atoms with Gasteiger partial charge < -0.3 is 10.2 Å². The molecule has 16 heavy (non-hydrogen) atoms. The Morgan fingerprint density at radius 3 is 3.12 bits per heavy atom. The van der Waals surface area contributed by atoms with Crippen molar-refractivity contribution in [2.75, 3.05) is 13.1 Å². The van der Waals surface area contributed by atoms with Crippen LogP contribution in [0.2, 0.25) is 0 Å².